The highest BCUT2D eigenvalue weighted by atomic mass is 16.5. The Morgan fingerprint density at radius 1 is 1.32 bits per heavy atom. The highest BCUT2D eigenvalue weighted by Gasteiger charge is 2.27. The van der Waals surface area contributed by atoms with Gasteiger partial charge in [-0.25, -0.2) is 0 Å². The molecule has 0 radical (unpaired) electrons. The smallest absolute Gasteiger partial charge is 0.234 e. The Kier molecular flexibility index (Phi) is 7.01. The third kappa shape index (κ3) is 5.09. The normalized spacial score (nSPS) is 18.6. The van der Waals surface area contributed by atoms with Crippen LogP contribution in [-0.2, 0) is 4.79 Å². The minimum atomic E-state index is -0.0295. The van der Waals surface area contributed by atoms with Crippen molar-refractivity contribution >= 4 is 5.91 Å². The Bertz CT molecular complexity index is 749. The number of benzene rings is 1. The van der Waals surface area contributed by atoms with E-state index in [-0.39, 0.29) is 23.9 Å². The van der Waals surface area contributed by atoms with Gasteiger partial charge < -0.3 is 15.4 Å². The van der Waals surface area contributed by atoms with Crippen molar-refractivity contribution in [3.8, 4) is 5.75 Å². The number of piperazine rings is 1. The second-order valence-corrected chi connectivity index (χ2v) is 7.54. The van der Waals surface area contributed by atoms with E-state index in [1.807, 2.05) is 36.5 Å². The Balaban J connectivity index is 1.67. The van der Waals surface area contributed by atoms with Crippen molar-refractivity contribution in [2.75, 3.05) is 33.3 Å². The molecule has 0 spiro atoms. The second-order valence-electron chi connectivity index (χ2n) is 7.54. The maximum absolute atomic E-state index is 12.9. The summed E-state index contributed by atoms with van der Waals surface area (Å²) in [6.07, 6.45) is 3.66. The standard InChI is InChI=1S/C22H30N4O2/c1-16(2)22(17-6-8-19(28-3)9-7-17)25-21(27)15-26-12-11-24-14-20(26)18-5-4-10-23-13-18/h4-10,13,16,20,22,24H,11-12,14-15H2,1-3H3,(H,25,27). The molecular weight excluding hydrogens is 352 g/mol. The van der Waals surface area contributed by atoms with Crippen LogP contribution in [0.5, 0.6) is 5.75 Å². The van der Waals surface area contributed by atoms with E-state index in [0.29, 0.717) is 6.54 Å². The molecule has 2 aromatic rings. The van der Waals surface area contributed by atoms with Crippen LogP contribution >= 0.6 is 0 Å². The lowest BCUT2D eigenvalue weighted by Crippen LogP contribution is -2.50. The summed E-state index contributed by atoms with van der Waals surface area (Å²) in [5, 5.41) is 6.65. The van der Waals surface area contributed by atoms with E-state index in [1.165, 1.54) is 0 Å². The zero-order chi connectivity index (χ0) is 19.9. The predicted octanol–water partition coefficient (Wildman–Crippen LogP) is 2.55. The van der Waals surface area contributed by atoms with Crippen LogP contribution in [0.4, 0.5) is 0 Å². The van der Waals surface area contributed by atoms with Crippen molar-refractivity contribution < 1.29 is 9.53 Å². The molecule has 1 fully saturated rings. The fourth-order valence-corrected chi connectivity index (χ4v) is 3.69. The molecule has 2 heterocycles. The molecule has 1 aliphatic rings. The Morgan fingerprint density at radius 3 is 2.75 bits per heavy atom. The number of pyridine rings is 1. The molecule has 1 aliphatic heterocycles. The number of amides is 1. The minimum absolute atomic E-state index is 0.0295. The Hall–Kier alpha value is -2.44. The van der Waals surface area contributed by atoms with E-state index < -0.39 is 0 Å². The molecule has 6 nitrogen and oxygen atoms in total. The first-order chi connectivity index (χ1) is 13.6. The monoisotopic (exact) mass is 382 g/mol. The van der Waals surface area contributed by atoms with Crippen LogP contribution in [0.25, 0.3) is 0 Å². The third-order valence-corrected chi connectivity index (χ3v) is 5.23. The number of nitrogens with one attached hydrogen (secondary N) is 2. The first-order valence-corrected chi connectivity index (χ1v) is 9.86. The Morgan fingerprint density at radius 2 is 2.11 bits per heavy atom. The average molecular weight is 383 g/mol. The quantitative estimate of drug-likeness (QED) is 0.770. The van der Waals surface area contributed by atoms with E-state index in [4.69, 9.17) is 4.74 Å². The molecule has 0 bridgehead atoms. The predicted molar refractivity (Wildman–Crippen MR) is 110 cm³/mol. The Labute approximate surface area is 167 Å². The molecule has 1 amide bonds. The number of ether oxygens (including phenoxy) is 1. The zero-order valence-electron chi connectivity index (χ0n) is 16.9. The topological polar surface area (TPSA) is 66.5 Å². The number of methoxy groups -OCH3 is 1. The van der Waals surface area contributed by atoms with Gasteiger partial charge in [0, 0.05) is 38.1 Å². The van der Waals surface area contributed by atoms with Gasteiger partial charge >= 0.3 is 0 Å². The molecule has 2 atom stereocenters. The number of aromatic nitrogens is 1. The molecule has 28 heavy (non-hydrogen) atoms. The summed E-state index contributed by atoms with van der Waals surface area (Å²) in [5.74, 6) is 1.15. The van der Waals surface area contributed by atoms with Gasteiger partial charge in [0.1, 0.15) is 5.75 Å². The summed E-state index contributed by atoms with van der Waals surface area (Å²) in [7, 11) is 1.66. The largest absolute Gasteiger partial charge is 0.497 e. The zero-order valence-corrected chi connectivity index (χ0v) is 16.9. The number of hydrogen-bond acceptors (Lipinski definition) is 5. The summed E-state index contributed by atoms with van der Waals surface area (Å²) in [6.45, 7) is 7.17. The van der Waals surface area contributed by atoms with Gasteiger partial charge in [0.2, 0.25) is 5.91 Å². The SMILES string of the molecule is COc1ccc(C(NC(=O)CN2CCNCC2c2cccnc2)C(C)C)cc1. The van der Waals surface area contributed by atoms with Crippen LogP contribution in [0, 0.1) is 5.92 Å². The summed E-state index contributed by atoms with van der Waals surface area (Å²) in [5.41, 5.74) is 2.23. The maximum atomic E-state index is 12.9. The minimum Gasteiger partial charge on any atom is -0.497 e. The average Bonchev–Trinajstić information content (AvgIpc) is 2.73. The van der Waals surface area contributed by atoms with E-state index >= 15 is 0 Å². The summed E-state index contributed by atoms with van der Waals surface area (Å²) in [4.78, 5) is 19.3. The molecule has 2 N–H and O–H groups in total. The number of carbonyl (C=O) groups excluding carboxylic acids is 1. The fraction of sp³-hybridized carbons (Fsp3) is 0.455. The number of hydrogen-bond donors (Lipinski definition) is 2. The van der Waals surface area contributed by atoms with Gasteiger partial charge in [-0.1, -0.05) is 32.0 Å². The van der Waals surface area contributed by atoms with Crippen LogP contribution < -0.4 is 15.4 Å². The van der Waals surface area contributed by atoms with Crippen molar-refractivity contribution in [2.24, 2.45) is 5.92 Å². The molecule has 1 aromatic carbocycles. The lowest BCUT2D eigenvalue weighted by atomic mass is 9.96. The highest BCUT2D eigenvalue weighted by molar-refractivity contribution is 5.78. The first kappa shape index (κ1) is 20.3. The van der Waals surface area contributed by atoms with E-state index in [0.717, 1.165) is 36.5 Å². The van der Waals surface area contributed by atoms with Gasteiger partial charge in [-0.15, -0.1) is 0 Å². The summed E-state index contributed by atoms with van der Waals surface area (Å²) < 4.78 is 5.24. The molecule has 2 unspecified atom stereocenters. The van der Waals surface area contributed by atoms with Crippen LogP contribution in [0.2, 0.25) is 0 Å². The van der Waals surface area contributed by atoms with Gasteiger partial charge in [-0.2, -0.15) is 0 Å². The molecule has 1 saturated heterocycles. The van der Waals surface area contributed by atoms with Crippen molar-refractivity contribution in [2.45, 2.75) is 25.9 Å². The van der Waals surface area contributed by atoms with E-state index in [1.54, 1.807) is 13.3 Å². The highest BCUT2D eigenvalue weighted by Crippen LogP contribution is 2.25. The van der Waals surface area contributed by atoms with Gasteiger partial charge in [0.15, 0.2) is 0 Å². The lowest BCUT2D eigenvalue weighted by Gasteiger charge is -2.36. The van der Waals surface area contributed by atoms with Gasteiger partial charge in [-0.05, 0) is 35.2 Å². The summed E-state index contributed by atoms with van der Waals surface area (Å²) >= 11 is 0. The maximum Gasteiger partial charge on any atom is 0.234 e. The number of rotatable bonds is 7. The number of nitrogens with zero attached hydrogens (tertiary/aromatic N) is 2. The van der Waals surface area contributed by atoms with Crippen molar-refractivity contribution in [1.82, 2.24) is 20.5 Å². The molecule has 3 rings (SSSR count). The number of carbonyl (C=O) groups is 1. The van der Waals surface area contributed by atoms with Crippen molar-refractivity contribution in [1.29, 1.82) is 0 Å². The second kappa shape index (κ2) is 9.66. The molecule has 6 heteroatoms. The molecule has 0 saturated carbocycles. The van der Waals surface area contributed by atoms with E-state index in [9.17, 15) is 4.79 Å². The van der Waals surface area contributed by atoms with Gasteiger partial charge in [-0.3, -0.25) is 14.7 Å². The molecular formula is C22H30N4O2. The fourth-order valence-electron chi connectivity index (χ4n) is 3.69. The van der Waals surface area contributed by atoms with Crippen LogP contribution in [0.15, 0.2) is 48.8 Å². The molecule has 150 valence electrons. The van der Waals surface area contributed by atoms with Crippen LogP contribution in [0.3, 0.4) is 0 Å². The van der Waals surface area contributed by atoms with Crippen molar-refractivity contribution in [3.63, 3.8) is 0 Å². The van der Waals surface area contributed by atoms with Crippen LogP contribution in [0.1, 0.15) is 37.1 Å². The van der Waals surface area contributed by atoms with Crippen LogP contribution in [-0.4, -0.2) is 49.1 Å². The van der Waals surface area contributed by atoms with Crippen molar-refractivity contribution in [3.05, 3.63) is 59.9 Å². The summed E-state index contributed by atoms with van der Waals surface area (Å²) in [6, 6.07) is 12.1. The molecule has 1 aromatic heterocycles. The first-order valence-electron chi connectivity index (χ1n) is 9.86. The van der Waals surface area contributed by atoms with Gasteiger partial charge in [0.05, 0.1) is 19.7 Å². The van der Waals surface area contributed by atoms with Gasteiger partial charge in [0.25, 0.3) is 0 Å². The van der Waals surface area contributed by atoms with E-state index in [2.05, 4.69) is 40.4 Å². The third-order valence-electron chi connectivity index (χ3n) is 5.23. The lowest BCUT2D eigenvalue weighted by molar-refractivity contribution is -0.124. The molecule has 0 aliphatic carbocycles.